The van der Waals surface area contributed by atoms with Crippen molar-refractivity contribution in [2.24, 2.45) is 0 Å². The molecule has 0 spiro atoms. The van der Waals surface area contributed by atoms with Gasteiger partial charge in [0.2, 0.25) is 0 Å². The first-order chi connectivity index (χ1) is 34.7. The lowest BCUT2D eigenvalue weighted by Crippen LogP contribution is -2.28. The van der Waals surface area contributed by atoms with Crippen LogP contribution < -0.4 is 9.80 Å². The molecule has 0 aliphatic heterocycles. The molecule has 0 fully saturated rings. The second-order valence-electron chi connectivity index (χ2n) is 18.1. The zero-order valence-electron chi connectivity index (χ0n) is 38.4. The molecule has 0 radical (unpaired) electrons. The van der Waals surface area contributed by atoms with Crippen LogP contribution in [0.2, 0.25) is 0 Å². The van der Waals surface area contributed by atoms with Crippen LogP contribution in [-0.2, 0) is 5.41 Å². The van der Waals surface area contributed by atoms with Crippen molar-refractivity contribution in [3.63, 3.8) is 0 Å². The number of nitrogens with zero attached hydrogens (tertiary/aromatic N) is 2. The van der Waals surface area contributed by atoms with E-state index in [2.05, 4.69) is 289 Å². The van der Waals surface area contributed by atoms with Gasteiger partial charge in [-0.15, -0.1) is 11.3 Å². The number of thiophene rings is 1. The molecule has 330 valence electrons. The lowest BCUT2D eigenvalue weighted by atomic mass is 9.67. The van der Waals surface area contributed by atoms with E-state index in [1.165, 1.54) is 75.8 Å². The third-order valence-corrected chi connectivity index (χ3v) is 15.3. The topological polar surface area (TPSA) is 6.48 Å². The summed E-state index contributed by atoms with van der Waals surface area (Å²) in [5.74, 6) is 0. The highest BCUT2D eigenvalue weighted by Crippen LogP contribution is 2.58. The molecule has 0 saturated heterocycles. The highest BCUT2D eigenvalue weighted by molar-refractivity contribution is 7.25. The van der Waals surface area contributed by atoms with Crippen molar-refractivity contribution in [3.8, 4) is 33.4 Å². The average Bonchev–Trinajstić information content (AvgIpc) is 3.96. The summed E-state index contributed by atoms with van der Waals surface area (Å²) in [5, 5.41) is 2.61. The molecule has 0 atom stereocenters. The van der Waals surface area contributed by atoms with Gasteiger partial charge in [0.15, 0.2) is 0 Å². The van der Waals surface area contributed by atoms with E-state index in [9.17, 15) is 0 Å². The van der Waals surface area contributed by atoms with Crippen LogP contribution in [0, 0.1) is 0 Å². The van der Waals surface area contributed by atoms with Crippen LogP contribution in [0.3, 0.4) is 0 Å². The zero-order chi connectivity index (χ0) is 46.4. The first kappa shape index (κ1) is 41.4. The maximum absolute atomic E-state index is 2.46. The van der Waals surface area contributed by atoms with Crippen LogP contribution in [-0.4, -0.2) is 0 Å². The van der Waals surface area contributed by atoms with Gasteiger partial charge < -0.3 is 9.80 Å². The highest BCUT2D eigenvalue weighted by atomic mass is 32.1. The second-order valence-corrected chi connectivity index (χ2v) is 19.1. The molecule has 12 aromatic rings. The van der Waals surface area contributed by atoms with E-state index in [0.29, 0.717) is 0 Å². The summed E-state index contributed by atoms with van der Waals surface area (Å²) in [6.45, 7) is 0. The molecule has 0 amide bonds. The molecule has 1 aliphatic rings. The van der Waals surface area contributed by atoms with E-state index < -0.39 is 5.41 Å². The van der Waals surface area contributed by atoms with Crippen LogP contribution in [0.25, 0.3) is 53.6 Å². The quantitative estimate of drug-likeness (QED) is 0.135. The number of fused-ring (bicyclic) bond motifs is 6. The van der Waals surface area contributed by atoms with Gasteiger partial charge in [0.05, 0.1) is 5.41 Å². The molecule has 0 unspecified atom stereocenters. The summed E-state index contributed by atoms with van der Waals surface area (Å²) in [5.41, 5.74) is 18.2. The Morgan fingerprint density at radius 2 is 0.671 bits per heavy atom. The minimum Gasteiger partial charge on any atom is -0.310 e. The molecule has 2 nitrogen and oxygen atoms in total. The second kappa shape index (κ2) is 17.4. The van der Waals surface area contributed by atoms with E-state index in [1.807, 2.05) is 11.3 Å². The third kappa shape index (κ3) is 7.02. The summed E-state index contributed by atoms with van der Waals surface area (Å²) in [6, 6.07) is 102. The minimum absolute atomic E-state index is 0.550. The van der Waals surface area contributed by atoms with Gasteiger partial charge in [-0.3, -0.25) is 0 Å². The molecule has 1 aliphatic carbocycles. The number of anilines is 6. The van der Waals surface area contributed by atoms with Gasteiger partial charge in [0, 0.05) is 54.3 Å². The van der Waals surface area contributed by atoms with Crippen LogP contribution >= 0.6 is 11.3 Å². The smallest absolute Gasteiger partial charge is 0.0713 e. The summed E-state index contributed by atoms with van der Waals surface area (Å²) in [4.78, 5) is 4.77. The number of hydrogen-bond donors (Lipinski definition) is 0. The van der Waals surface area contributed by atoms with E-state index in [-0.39, 0.29) is 0 Å². The van der Waals surface area contributed by atoms with Gasteiger partial charge in [-0.05, 0) is 147 Å². The Kier molecular flexibility index (Phi) is 10.3. The summed E-state index contributed by atoms with van der Waals surface area (Å²) in [6.07, 6.45) is 0. The van der Waals surface area contributed by atoms with Gasteiger partial charge in [-0.25, -0.2) is 0 Å². The molecule has 1 heterocycles. The van der Waals surface area contributed by atoms with Gasteiger partial charge in [-0.2, -0.15) is 0 Å². The number of para-hydroxylation sites is 2. The summed E-state index contributed by atoms with van der Waals surface area (Å²) < 4.78 is 2.63. The molecule has 11 aromatic carbocycles. The number of rotatable bonds is 10. The Balaban J connectivity index is 1.03. The molecular formula is C67H46N2S. The molecule has 70 heavy (non-hydrogen) atoms. The van der Waals surface area contributed by atoms with Crippen LogP contribution in [0.1, 0.15) is 22.3 Å². The Morgan fingerprint density at radius 3 is 1.31 bits per heavy atom. The number of benzene rings is 11. The van der Waals surface area contributed by atoms with Gasteiger partial charge in [0.25, 0.3) is 0 Å². The van der Waals surface area contributed by atoms with E-state index in [1.54, 1.807) is 0 Å². The minimum atomic E-state index is -0.550. The lowest BCUT2D eigenvalue weighted by Gasteiger charge is -2.34. The first-order valence-corrected chi connectivity index (χ1v) is 24.8. The molecule has 0 saturated carbocycles. The monoisotopic (exact) mass is 910 g/mol. The first-order valence-electron chi connectivity index (χ1n) is 24.0. The van der Waals surface area contributed by atoms with Crippen LogP contribution in [0.4, 0.5) is 34.1 Å². The Bertz CT molecular complexity index is 3730. The lowest BCUT2D eigenvalue weighted by molar-refractivity contribution is 0.768. The highest BCUT2D eigenvalue weighted by Gasteiger charge is 2.46. The summed E-state index contributed by atoms with van der Waals surface area (Å²) in [7, 11) is 0. The van der Waals surface area contributed by atoms with Crippen LogP contribution in [0.15, 0.2) is 279 Å². The fourth-order valence-corrected chi connectivity index (χ4v) is 12.1. The summed E-state index contributed by atoms with van der Waals surface area (Å²) >= 11 is 1.86. The third-order valence-electron chi connectivity index (χ3n) is 14.1. The van der Waals surface area contributed by atoms with E-state index >= 15 is 0 Å². The molecule has 0 bridgehead atoms. The van der Waals surface area contributed by atoms with E-state index in [4.69, 9.17) is 0 Å². The maximum atomic E-state index is 2.46. The van der Waals surface area contributed by atoms with Crippen LogP contribution in [0.5, 0.6) is 0 Å². The molecule has 3 heteroatoms. The van der Waals surface area contributed by atoms with Crippen molar-refractivity contribution in [1.82, 2.24) is 0 Å². The Morgan fingerprint density at radius 1 is 0.257 bits per heavy atom. The predicted octanol–water partition coefficient (Wildman–Crippen LogP) is 18.7. The Labute approximate surface area is 413 Å². The molecule has 13 rings (SSSR count). The standard InChI is InChI=1S/C67H46N2S/c1-6-19-47(20-7-1)48-33-37-55(38-34-48)69(57-30-18-29-56(45-57)68(53-25-12-4-13-26-53)54-27-14-5-15-28-54)58-39-41-64-61(46-58)60-43-49(50-36-42-66-62(44-50)59-31-16-17-32-65(59)70-66)35-40-63(60)67(64,51-21-8-2-9-22-51)52-23-10-3-11-24-52/h1-46H. The van der Waals surface area contributed by atoms with Gasteiger partial charge in [-0.1, -0.05) is 188 Å². The van der Waals surface area contributed by atoms with E-state index in [0.717, 1.165) is 34.1 Å². The zero-order valence-corrected chi connectivity index (χ0v) is 39.2. The fourth-order valence-electron chi connectivity index (χ4n) is 11.0. The number of hydrogen-bond acceptors (Lipinski definition) is 3. The SMILES string of the molecule is c1ccc(-c2ccc(N(c3cccc(N(c4ccccc4)c4ccccc4)c3)c3ccc4c(c3)-c3cc(-c5ccc6sc7ccccc7c6c5)ccc3C4(c3ccccc3)c3ccccc3)cc2)cc1. The molecule has 1 aromatic heterocycles. The fraction of sp³-hybridized carbons (Fsp3) is 0.0149. The Hall–Kier alpha value is -8.76. The van der Waals surface area contributed by atoms with Gasteiger partial charge >= 0.3 is 0 Å². The largest absolute Gasteiger partial charge is 0.310 e. The average molecular weight is 911 g/mol. The molecular weight excluding hydrogens is 865 g/mol. The maximum Gasteiger partial charge on any atom is 0.0713 e. The molecule has 0 N–H and O–H groups in total. The van der Waals surface area contributed by atoms with Gasteiger partial charge in [0.1, 0.15) is 0 Å². The van der Waals surface area contributed by atoms with Crippen molar-refractivity contribution < 1.29 is 0 Å². The van der Waals surface area contributed by atoms with Crippen molar-refractivity contribution in [3.05, 3.63) is 301 Å². The van der Waals surface area contributed by atoms with Crippen molar-refractivity contribution in [2.75, 3.05) is 9.80 Å². The van der Waals surface area contributed by atoms with Crippen molar-refractivity contribution >= 4 is 65.6 Å². The van der Waals surface area contributed by atoms with Crippen molar-refractivity contribution in [2.45, 2.75) is 5.41 Å². The normalized spacial score (nSPS) is 12.4. The van der Waals surface area contributed by atoms with Crippen molar-refractivity contribution in [1.29, 1.82) is 0 Å². The predicted molar refractivity (Wildman–Crippen MR) is 297 cm³/mol.